The van der Waals surface area contributed by atoms with Crippen molar-refractivity contribution in [1.82, 2.24) is 4.98 Å². The van der Waals surface area contributed by atoms with Gasteiger partial charge in [0.05, 0.1) is 11.9 Å². The van der Waals surface area contributed by atoms with Gasteiger partial charge in [0.15, 0.2) is 0 Å². The maximum absolute atomic E-state index is 12.4. The van der Waals surface area contributed by atoms with Crippen molar-refractivity contribution in [3.63, 3.8) is 0 Å². The fourth-order valence-electron chi connectivity index (χ4n) is 2.19. The molecule has 0 aliphatic heterocycles. The molecular formula is C16H15F3N2. The molecule has 1 aromatic carbocycles. The normalized spacial score (nSPS) is 15.0. The quantitative estimate of drug-likeness (QED) is 0.891. The molecule has 1 N–H and O–H groups in total. The molecule has 1 aliphatic carbocycles. The van der Waals surface area contributed by atoms with Gasteiger partial charge in [-0.3, -0.25) is 0 Å². The number of nitrogens with one attached hydrogen (secondary N) is 1. The number of alkyl halides is 3. The third kappa shape index (κ3) is 3.54. The molecule has 1 fully saturated rings. The zero-order valence-electron chi connectivity index (χ0n) is 11.3. The molecule has 5 heteroatoms. The highest BCUT2D eigenvalue weighted by atomic mass is 19.4. The van der Waals surface area contributed by atoms with Crippen molar-refractivity contribution in [2.45, 2.75) is 31.5 Å². The van der Waals surface area contributed by atoms with Crippen molar-refractivity contribution in [2.24, 2.45) is 0 Å². The van der Waals surface area contributed by atoms with E-state index in [1.165, 1.54) is 30.7 Å². The van der Waals surface area contributed by atoms with Crippen LogP contribution >= 0.6 is 0 Å². The van der Waals surface area contributed by atoms with Gasteiger partial charge in [-0.2, -0.15) is 13.2 Å². The molecule has 21 heavy (non-hydrogen) atoms. The SMILES string of the molecule is FC(F)(F)c1ccc(NCc2ccc(C3CC3)cc2)cn1. The lowest BCUT2D eigenvalue weighted by atomic mass is 10.1. The Hall–Kier alpha value is -2.04. The van der Waals surface area contributed by atoms with E-state index >= 15 is 0 Å². The second-order valence-electron chi connectivity index (χ2n) is 5.30. The summed E-state index contributed by atoms with van der Waals surface area (Å²) in [5.41, 5.74) is 2.17. The molecular weight excluding hydrogens is 277 g/mol. The third-order valence-corrected chi connectivity index (χ3v) is 3.58. The predicted octanol–water partition coefficient (Wildman–Crippen LogP) is 4.59. The van der Waals surface area contributed by atoms with Gasteiger partial charge in [0.1, 0.15) is 5.69 Å². The first-order chi connectivity index (χ1) is 10.0. The van der Waals surface area contributed by atoms with Crippen LogP contribution in [0.1, 0.15) is 35.6 Å². The number of nitrogens with zero attached hydrogens (tertiary/aromatic N) is 1. The first-order valence-electron chi connectivity index (χ1n) is 6.88. The highest BCUT2D eigenvalue weighted by molar-refractivity contribution is 5.42. The Morgan fingerprint density at radius 2 is 1.76 bits per heavy atom. The highest BCUT2D eigenvalue weighted by Gasteiger charge is 2.32. The van der Waals surface area contributed by atoms with Crippen LogP contribution in [-0.4, -0.2) is 4.98 Å². The first kappa shape index (κ1) is 13.9. The van der Waals surface area contributed by atoms with Crippen molar-refractivity contribution in [1.29, 1.82) is 0 Å². The summed E-state index contributed by atoms with van der Waals surface area (Å²) in [5, 5.41) is 3.07. The number of hydrogen-bond acceptors (Lipinski definition) is 2. The molecule has 110 valence electrons. The van der Waals surface area contributed by atoms with Gasteiger partial charge in [-0.1, -0.05) is 24.3 Å². The molecule has 0 bridgehead atoms. The van der Waals surface area contributed by atoms with Gasteiger partial charge < -0.3 is 5.32 Å². The summed E-state index contributed by atoms with van der Waals surface area (Å²) >= 11 is 0. The summed E-state index contributed by atoms with van der Waals surface area (Å²) in [4.78, 5) is 3.42. The summed E-state index contributed by atoms with van der Waals surface area (Å²) in [7, 11) is 0. The second kappa shape index (κ2) is 5.39. The van der Waals surface area contributed by atoms with Crippen LogP contribution in [0.5, 0.6) is 0 Å². The average Bonchev–Trinajstić information content (AvgIpc) is 3.30. The Balaban J connectivity index is 1.59. The maximum atomic E-state index is 12.4. The minimum absolute atomic E-state index is 0.567. The molecule has 2 nitrogen and oxygen atoms in total. The zero-order valence-corrected chi connectivity index (χ0v) is 11.3. The van der Waals surface area contributed by atoms with Crippen LogP contribution in [0.2, 0.25) is 0 Å². The minimum Gasteiger partial charge on any atom is -0.380 e. The van der Waals surface area contributed by atoms with Gasteiger partial charge in [0.25, 0.3) is 0 Å². The number of hydrogen-bond donors (Lipinski definition) is 1. The van der Waals surface area contributed by atoms with E-state index in [-0.39, 0.29) is 0 Å². The van der Waals surface area contributed by atoms with Crippen molar-refractivity contribution in [2.75, 3.05) is 5.32 Å². The number of anilines is 1. The lowest BCUT2D eigenvalue weighted by Gasteiger charge is -2.09. The van der Waals surface area contributed by atoms with E-state index in [0.717, 1.165) is 17.5 Å². The van der Waals surface area contributed by atoms with Crippen LogP contribution in [0, 0.1) is 0 Å². The van der Waals surface area contributed by atoms with Gasteiger partial charge in [-0.25, -0.2) is 4.98 Å². The molecule has 0 unspecified atom stereocenters. The van der Waals surface area contributed by atoms with Crippen LogP contribution in [-0.2, 0) is 12.7 Å². The fourth-order valence-corrected chi connectivity index (χ4v) is 2.19. The van der Waals surface area contributed by atoms with Gasteiger partial charge in [-0.15, -0.1) is 0 Å². The third-order valence-electron chi connectivity index (χ3n) is 3.58. The monoisotopic (exact) mass is 292 g/mol. The molecule has 0 amide bonds. The predicted molar refractivity (Wildman–Crippen MR) is 75.0 cm³/mol. The summed E-state index contributed by atoms with van der Waals surface area (Å²) in [6.45, 7) is 0.567. The fraction of sp³-hybridized carbons (Fsp3) is 0.312. The zero-order chi connectivity index (χ0) is 14.9. The van der Waals surface area contributed by atoms with Crippen LogP contribution in [0.15, 0.2) is 42.6 Å². The molecule has 0 spiro atoms. The van der Waals surface area contributed by atoms with E-state index in [4.69, 9.17) is 0 Å². The van der Waals surface area contributed by atoms with E-state index in [1.54, 1.807) is 0 Å². The van der Waals surface area contributed by atoms with E-state index in [0.29, 0.717) is 12.2 Å². The minimum atomic E-state index is -4.39. The van der Waals surface area contributed by atoms with Crippen molar-refractivity contribution in [3.05, 3.63) is 59.4 Å². The van der Waals surface area contributed by atoms with Gasteiger partial charge in [-0.05, 0) is 42.0 Å². The smallest absolute Gasteiger partial charge is 0.380 e. The Morgan fingerprint density at radius 1 is 1.05 bits per heavy atom. The summed E-state index contributed by atoms with van der Waals surface area (Å²) in [6, 6.07) is 10.7. The van der Waals surface area contributed by atoms with E-state index in [2.05, 4.69) is 34.6 Å². The molecule has 0 radical (unpaired) electrons. The van der Waals surface area contributed by atoms with Crippen molar-refractivity contribution in [3.8, 4) is 0 Å². The molecule has 0 saturated heterocycles. The van der Waals surface area contributed by atoms with Crippen LogP contribution in [0.3, 0.4) is 0 Å². The number of pyridine rings is 1. The van der Waals surface area contributed by atoms with Gasteiger partial charge in [0.2, 0.25) is 0 Å². The number of benzene rings is 1. The van der Waals surface area contributed by atoms with Crippen molar-refractivity contribution >= 4 is 5.69 Å². The van der Waals surface area contributed by atoms with Crippen LogP contribution in [0.4, 0.5) is 18.9 Å². The van der Waals surface area contributed by atoms with E-state index in [1.807, 2.05) is 0 Å². The standard InChI is InChI=1S/C16H15F3N2/c17-16(18,19)15-8-7-14(10-21-15)20-9-11-1-3-12(4-2-11)13-5-6-13/h1-4,7-8,10,13,20H,5-6,9H2. The second-order valence-corrected chi connectivity index (χ2v) is 5.30. The largest absolute Gasteiger partial charge is 0.433 e. The number of halogens is 3. The van der Waals surface area contributed by atoms with Crippen LogP contribution < -0.4 is 5.32 Å². The Morgan fingerprint density at radius 3 is 2.29 bits per heavy atom. The molecule has 2 aromatic rings. The van der Waals surface area contributed by atoms with E-state index in [9.17, 15) is 13.2 Å². The summed E-state index contributed by atoms with van der Waals surface area (Å²) in [5.74, 6) is 0.728. The molecule has 1 heterocycles. The number of rotatable bonds is 4. The van der Waals surface area contributed by atoms with E-state index < -0.39 is 11.9 Å². The Bertz CT molecular complexity index is 599. The Kier molecular flexibility index (Phi) is 3.57. The lowest BCUT2D eigenvalue weighted by Crippen LogP contribution is -2.08. The van der Waals surface area contributed by atoms with Gasteiger partial charge >= 0.3 is 6.18 Å². The maximum Gasteiger partial charge on any atom is 0.433 e. The average molecular weight is 292 g/mol. The lowest BCUT2D eigenvalue weighted by molar-refractivity contribution is -0.141. The topological polar surface area (TPSA) is 24.9 Å². The summed E-state index contributed by atoms with van der Waals surface area (Å²) < 4.78 is 37.2. The van der Waals surface area contributed by atoms with Crippen LogP contribution in [0.25, 0.3) is 0 Å². The summed E-state index contributed by atoms with van der Waals surface area (Å²) in [6.07, 6.45) is -0.637. The Labute approximate surface area is 121 Å². The van der Waals surface area contributed by atoms with Gasteiger partial charge in [0, 0.05) is 6.54 Å². The number of aromatic nitrogens is 1. The molecule has 0 atom stereocenters. The highest BCUT2D eigenvalue weighted by Crippen LogP contribution is 2.39. The molecule has 3 rings (SSSR count). The van der Waals surface area contributed by atoms with Crippen molar-refractivity contribution < 1.29 is 13.2 Å². The molecule has 1 saturated carbocycles. The first-order valence-corrected chi connectivity index (χ1v) is 6.88. The molecule has 1 aliphatic rings. The molecule has 1 aromatic heterocycles.